The van der Waals surface area contributed by atoms with Crippen molar-refractivity contribution in [3.8, 4) is 0 Å². The molecule has 0 aliphatic carbocycles. The lowest BCUT2D eigenvalue weighted by molar-refractivity contribution is 0.101. The van der Waals surface area contributed by atoms with Crippen molar-refractivity contribution in [1.82, 2.24) is 14.7 Å². The SMILES string of the molecule is CC(=O)c1cccc(NC(=O)N(C)CCN(C)C2CCN(C)CC2)c1. The van der Waals surface area contributed by atoms with Crippen LogP contribution in [0.25, 0.3) is 0 Å². The van der Waals surface area contributed by atoms with Crippen LogP contribution in [0, 0.1) is 0 Å². The van der Waals surface area contributed by atoms with Gasteiger partial charge in [-0.3, -0.25) is 4.79 Å². The molecule has 0 bridgehead atoms. The Balaban J connectivity index is 1.80. The number of likely N-dealkylation sites (tertiary alicyclic amines) is 1. The second-order valence-corrected chi connectivity index (χ2v) is 7.00. The molecule has 25 heavy (non-hydrogen) atoms. The maximum atomic E-state index is 12.3. The highest BCUT2D eigenvalue weighted by Crippen LogP contribution is 2.14. The summed E-state index contributed by atoms with van der Waals surface area (Å²) in [5.41, 5.74) is 1.25. The van der Waals surface area contributed by atoms with Crippen LogP contribution in [0.4, 0.5) is 10.5 Å². The van der Waals surface area contributed by atoms with Crippen LogP contribution in [0.3, 0.4) is 0 Å². The molecular weight excluding hydrogens is 316 g/mol. The molecule has 0 radical (unpaired) electrons. The number of anilines is 1. The van der Waals surface area contributed by atoms with Crippen molar-refractivity contribution in [1.29, 1.82) is 0 Å². The van der Waals surface area contributed by atoms with Gasteiger partial charge in [-0.25, -0.2) is 4.79 Å². The summed E-state index contributed by atoms with van der Waals surface area (Å²) in [6.07, 6.45) is 2.36. The summed E-state index contributed by atoms with van der Waals surface area (Å²) in [5, 5.41) is 2.86. The van der Waals surface area contributed by atoms with Crippen molar-refractivity contribution in [2.24, 2.45) is 0 Å². The van der Waals surface area contributed by atoms with Crippen molar-refractivity contribution in [2.45, 2.75) is 25.8 Å². The summed E-state index contributed by atoms with van der Waals surface area (Å²) in [6, 6.07) is 7.47. The minimum Gasteiger partial charge on any atom is -0.326 e. The van der Waals surface area contributed by atoms with Gasteiger partial charge in [0.25, 0.3) is 0 Å². The van der Waals surface area contributed by atoms with Crippen LogP contribution < -0.4 is 5.32 Å². The highest BCUT2D eigenvalue weighted by atomic mass is 16.2. The number of hydrogen-bond acceptors (Lipinski definition) is 4. The number of carbonyl (C=O) groups excluding carboxylic acids is 2. The summed E-state index contributed by atoms with van der Waals surface area (Å²) in [6.45, 7) is 5.31. The van der Waals surface area contributed by atoms with Gasteiger partial charge in [0, 0.05) is 37.4 Å². The molecule has 1 N–H and O–H groups in total. The average molecular weight is 346 g/mol. The van der Waals surface area contributed by atoms with E-state index in [1.165, 1.54) is 19.8 Å². The van der Waals surface area contributed by atoms with E-state index in [-0.39, 0.29) is 11.8 Å². The summed E-state index contributed by atoms with van der Waals surface area (Å²) in [4.78, 5) is 30.2. The van der Waals surface area contributed by atoms with E-state index in [0.717, 1.165) is 19.6 Å². The molecule has 1 fully saturated rings. The molecule has 1 aromatic rings. The molecular formula is C19H30N4O2. The summed E-state index contributed by atoms with van der Waals surface area (Å²) < 4.78 is 0. The van der Waals surface area contributed by atoms with E-state index in [4.69, 9.17) is 0 Å². The Morgan fingerprint density at radius 2 is 1.88 bits per heavy atom. The smallest absolute Gasteiger partial charge is 0.321 e. The first-order valence-electron chi connectivity index (χ1n) is 8.88. The molecule has 1 aliphatic heterocycles. The molecule has 6 nitrogen and oxygen atoms in total. The molecule has 0 aromatic heterocycles. The summed E-state index contributed by atoms with van der Waals surface area (Å²) in [7, 11) is 6.10. The highest BCUT2D eigenvalue weighted by molar-refractivity contribution is 5.96. The number of nitrogens with one attached hydrogen (secondary N) is 1. The van der Waals surface area contributed by atoms with E-state index >= 15 is 0 Å². The first-order valence-corrected chi connectivity index (χ1v) is 8.88. The fourth-order valence-corrected chi connectivity index (χ4v) is 3.06. The van der Waals surface area contributed by atoms with Crippen LogP contribution in [0.1, 0.15) is 30.1 Å². The first kappa shape index (κ1) is 19.4. The van der Waals surface area contributed by atoms with E-state index in [9.17, 15) is 9.59 Å². The molecule has 1 heterocycles. The molecule has 138 valence electrons. The van der Waals surface area contributed by atoms with Crippen LogP contribution >= 0.6 is 0 Å². The Hall–Kier alpha value is -1.92. The fourth-order valence-electron chi connectivity index (χ4n) is 3.06. The maximum Gasteiger partial charge on any atom is 0.321 e. The number of Topliss-reactive ketones (excluding diaryl/α,β-unsaturated/α-hetero) is 1. The monoisotopic (exact) mass is 346 g/mol. The van der Waals surface area contributed by atoms with Crippen LogP contribution in [-0.4, -0.2) is 79.9 Å². The number of hydrogen-bond donors (Lipinski definition) is 1. The zero-order chi connectivity index (χ0) is 18.4. The van der Waals surface area contributed by atoms with E-state index in [1.54, 1.807) is 36.2 Å². The molecule has 1 aliphatic rings. The fraction of sp³-hybridized carbons (Fsp3) is 0.579. The van der Waals surface area contributed by atoms with Gasteiger partial charge in [-0.15, -0.1) is 0 Å². The van der Waals surface area contributed by atoms with Crippen molar-refractivity contribution in [3.05, 3.63) is 29.8 Å². The van der Waals surface area contributed by atoms with Crippen LogP contribution in [0.5, 0.6) is 0 Å². The average Bonchev–Trinajstić information content (AvgIpc) is 2.60. The number of carbonyl (C=O) groups is 2. The van der Waals surface area contributed by atoms with Gasteiger partial charge in [0.05, 0.1) is 0 Å². The Morgan fingerprint density at radius 1 is 1.20 bits per heavy atom. The van der Waals surface area contributed by atoms with E-state index in [0.29, 0.717) is 23.8 Å². The first-order chi connectivity index (χ1) is 11.9. The summed E-state index contributed by atoms with van der Waals surface area (Å²) >= 11 is 0. The van der Waals surface area contributed by atoms with E-state index in [1.807, 2.05) is 0 Å². The van der Waals surface area contributed by atoms with Crippen LogP contribution in [-0.2, 0) is 0 Å². The van der Waals surface area contributed by atoms with Crippen LogP contribution in [0.15, 0.2) is 24.3 Å². The molecule has 0 atom stereocenters. The third-order valence-electron chi connectivity index (χ3n) is 4.97. The Bertz CT molecular complexity index is 597. The Labute approximate surface area is 150 Å². The van der Waals surface area contributed by atoms with Gasteiger partial charge in [0.2, 0.25) is 0 Å². The molecule has 0 saturated carbocycles. The maximum absolute atomic E-state index is 12.3. The molecule has 2 rings (SSSR count). The molecule has 2 amide bonds. The minimum atomic E-state index is -0.155. The topological polar surface area (TPSA) is 55.9 Å². The van der Waals surface area contributed by atoms with Gasteiger partial charge < -0.3 is 20.0 Å². The molecule has 0 unspecified atom stereocenters. The second-order valence-electron chi connectivity index (χ2n) is 7.00. The number of nitrogens with zero attached hydrogens (tertiary/aromatic N) is 3. The third kappa shape index (κ3) is 5.83. The quantitative estimate of drug-likeness (QED) is 0.804. The minimum absolute atomic E-state index is 0.01000. The van der Waals surface area contributed by atoms with Gasteiger partial charge in [0.15, 0.2) is 5.78 Å². The number of ketones is 1. The van der Waals surface area contributed by atoms with Gasteiger partial charge in [-0.1, -0.05) is 12.1 Å². The van der Waals surface area contributed by atoms with Gasteiger partial charge in [0.1, 0.15) is 0 Å². The predicted octanol–water partition coefficient (Wildman–Crippen LogP) is 2.38. The van der Waals surface area contributed by atoms with Gasteiger partial charge in [-0.2, -0.15) is 0 Å². The van der Waals surface area contributed by atoms with Crippen molar-refractivity contribution < 1.29 is 9.59 Å². The number of piperidine rings is 1. The second kappa shape index (κ2) is 8.97. The number of rotatable bonds is 6. The predicted molar refractivity (Wildman–Crippen MR) is 101 cm³/mol. The number of amides is 2. The van der Waals surface area contributed by atoms with Crippen molar-refractivity contribution in [2.75, 3.05) is 52.6 Å². The van der Waals surface area contributed by atoms with Crippen molar-refractivity contribution >= 4 is 17.5 Å². The highest BCUT2D eigenvalue weighted by Gasteiger charge is 2.21. The lowest BCUT2D eigenvalue weighted by Crippen LogP contribution is -2.45. The van der Waals surface area contributed by atoms with E-state index in [2.05, 4.69) is 29.2 Å². The van der Waals surface area contributed by atoms with Gasteiger partial charge in [-0.05, 0) is 59.1 Å². The molecule has 1 aromatic carbocycles. The van der Waals surface area contributed by atoms with Crippen molar-refractivity contribution in [3.63, 3.8) is 0 Å². The van der Waals surface area contributed by atoms with E-state index < -0.39 is 0 Å². The van der Waals surface area contributed by atoms with Crippen LogP contribution in [0.2, 0.25) is 0 Å². The Morgan fingerprint density at radius 3 is 2.52 bits per heavy atom. The largest absolute Gasteiger partial charge is 0.326 e. The zero-order valence-corrected chi connectivity index (χ0v) is 15.8. The zero-order valence-electron chi connectivity index (χ0n) is 15.8. The lowest BCUT2D eigenvalue weighted by Gasteiger charge is -2.35. The number of urea groups is 1. The summed E-state index contributed by atoms with van der Waals surface area (Å²) in [5.74, 6) is -0.01000. The Kier molecular flexibility index (Phi) is 6.96. The standard InChI is InChI=1S/C19H30N4O2/c1-15(24)16-6-5-7-17(14-16)20-19(25)23(4)13-12-22(3)18-8-10-21(2)11-9-18/h5-7,14,18H,8-13H2,1-4H3,(H,20,25). The van der Waals surface area contributed by atoms with Gasteiger partial charge >= 0.3 is 6.03 Å². The molecule has 1 saturated heterocycles. The number of likely N-dealkylation sites (N-methyl/N-ethyl adjacent to an activating group) is 2. The normalized spacial score (nSPS) is 16.0. The third-order valence-corrected chi connectivity index (χ3v) is 4.97. The molecule has 6 heteroatoms. The lowest BCUT2D eigenvalue weighted by atomic mass is 10.0. The molecule has 0 spiro atoms. The number of benzene rings is 1.